The van der Waals surface area contributed by atoms with Crippen LogP contribution in [0.5, 0.6) is 0 Å². The third kappa shape index (κ3) is 2.09. The average Bonchev–Trinajstić information content (AvgIpc) is 2.38. The summed E-state index contributed by atoms with van der Waals surface area (Å²) in [5.74, 6) is -0.151. The lowest BCUT2D eigenvalue weighted by atomic mass is 9.69. The Morgan fingerprint density at radius 3 is 2.59 bits per heavy atom. The molecule has 1 fully saturated rings. The first-order chi connectivity index (χ1) is 8.19. The molecule has 0 unspecified atom stereocenters. The first-order valence-electron chi connectivity index (χ1n) is 5.85. The quantitative estimate of drug-likeness (QED) is 0.734. The Labute approximate surface area is 101 Å². The van der Waals surface area contributed by atoms with E-state index in [2.05, 4.69) is 0 Å². The van der Waals surface area contributed by atoms with Crippen LogP contribution >= 0.6 is 0 Å². The van der Waals surface area contributed by atoms with Crippen LogP contribution in [-0.2, 0) is 19.7 Å². The molecular weight excluding hydrogens is 216 g/mol. The lowest BCUT2D eigenvalue weighted by Gasteiger charge is -2.34. The van der Waals surface area contributed by atoms with Gasteiger partial charge in [-0.25, -0.2) is 0 Å². The van der Waals surface area contributed by atoms with Crippen LogP contribution < -0.4 is 0 Å². The number of methoxy groups -OCH3 is 1. The number of hydrogen-bond acceptors (Lipinski definition) is 3. The summed E-state index contributed by atoms with van der Waals surface area (Å²) in [6.45, 7) is 0. The summed E-state index contributed by atoms with van der Waals surface area (Å²) in [4.78, 5) is 23.7. The molecule has 1 saturated carbocycles. The number of carbonyl (C=O) groups excluding carboxylic acids is 2. The zero-order valence-corrected chi connectivity index (χ0v) is 9.94. The van der Waals surface area contributed by atoms with E-state index in [1.807, 2.05) is 30.3 Å². The van der Waals surface area contributed by atoms with Crippen LogP contribution in [0.4, 0.5) is 0 Å². The molecule has 2 rings (SSSR count). The van der Waals surface area contributed by atoms with Gasteiger partial charge in [-0.05, 0) is 18.4 Å². The summed E-state index contributed by atoms with van der Waals surface area (Å²) in [5, 5.41) is 0. The molecule has 0 amide bonds. The molecule has 90 valence electrons. The predicted octanol–water partition coefficient (Wildman–Crippen LogP) is 2.24. The molecule has 0 spiro atoms. The van der Waals surface area contributed by atoms with E-state index in [9.17, 15) is 9.59 Å². The van der Waals surface area contributed by atoms with Gasteiger partial charge in [-0.3, -0.25) is 9.59 Å². The van der Waals surface area contributed by atoms with E-state index in [4.69, 9.17) is 4.74 Å². The molecule has 0 radical (unpaired) electrons. The molecule has 1 aliphatic carbocycles. The van der Waals surface area contributed by atoms with Gasteiger partial charge in [0.2, 0.25) is 0 Å². The van der Waals surface area contributed by atoms with E-state index < -0.39 is 5.41 Å². The smallest absolute Gasteiger partial charge is 0.316 e. The number of ketones is 1. The summed E-state index contributed by atoms with van der Waals surface area (Å²) in [7, 11) is 1.38. The highest BCUT2D eigenvalue weighted by atomic mass is 16.5. The Balaban J connectivity index is 2.43. The van der Waals surface area contributed by atoms with E-state index in [1.165, 1.54) is 7.11 Å². The number of Topliss-reactive ketones (excluding diaryl/α,β-unsaturated/α-hetero) is 1. The van der Waals surface area contributed by atoms with Gasteiger partial charge < -0.3 is 4.74 Å². The fourth-order valence-corrected chi connectivity index (χ4v) is 2.59. The van der Waals surface area contributed by atoms with E-state index >= 15 is 0 Å². The highest BCUT2D eigenvalue weighted by Crippen LogP contribution is 2.38. The van der Waals surface area contributed by atoms with Crippen LogP contribution in [0.2, 0.25) is 0 Å². The van der Waals surface area contributed by atoms with Crippen LogP contribution in [-0.4, -0.2) is 18.9 Å². The fraction of sp³-hybridized carbons (Fsp3) is 0.429. The Morgan fingerprint density at radius 1 is 1.29 bits per heavy atom. The number of ether oxygens (including phenoxy) is 1. The summed E-state index contributed by atoms with van der Waals surface area (Å²) < 4.78 is 4.90. The predicted molar refractivity (Wildman–Crippen MR) is 63.6 cm³/mol. The molecule has 17 heavy (non-hydrogen) atoms. The number of esters is 1. The van der Waals surface area contributed by atoms with Crippen LogP contribution in [0.1, 0.15) is 31.2 Å². The molecule has 1 aliphatic rings. The van der Waals surface area contributed by atoms with Gasteiger partial charge in [0.25, 0.3) is 0 Å². The molecule has 3 nitrogen and oxygen atoms in total. The minimum atomic E-state index is -0.759. The van der Waals surface area contributed by atoms with Crippen molar-refractivity contribution in [3.8, 4) is 0 Å². The maximum atomic E-state index is 12.1. The summed E-state index contributed by atoms with van der Waals surface area (Å²) >= 11 is 0. The minimum absolute atomic E-state index is 0.144. The van der Waals surface area contributed by atoms with E-state index in [1.54, 1.807) is 0 Å². The standard InChI is InChI=1S/C14H16O3/c1-17-13(16)14(9-5-8-12(15)10-14)11-6-3-2-4-7-11/h2-4,6-7H,5,8-10H2,1H3/t14-/m1/s1. The molecule has 0 bridgehead atoms. The van der Waals surface area contributed by atoms with Crippen LogP contribution in [0.15, 0.2) is 30.3 Å². The molecule has 0 aliphatic heterocycles. The van der Waals surface area contributed by atoms with Gasteiger partial charge in [-0.15, -0.1) is 0 Å². The second-order valence-electron chi connectivity index (χ2n) is 4.51. The molecule has 1 aromatic carbocycles. The number of rotatable bonds is 2. The Kier molecular flexibility index (Phi) is 3.27. The summed E-state index contributed by atoms with van der Waals surface area (Å²) in [5.41, 5.74) is 0.130. The number of carbonyl (C=O) groups is 2. The molecule has 0 heterocycles. The molecule has 1 aromatic rings. The van der Waals surface area contributed by atoms with Crippen molar-refractivity contribution >= 4 is 11.8 Å². The monoisotopic (exact) mass is 232 g/mol. The number of hydrogen-bond donors (Lipinski definition) is 0. The zero-order chi connectivity index (χ0) is 12.3. The highest BCUT2D eigenvalue weighted by Gasteiger charge is 2.44. The average molecular weight is 232 g/mol. The van der Waals surface area contributed by atoms with Crippen LogP contribution in [0.25, 0.3) is 0 Å². The van der Waals surface area contributed by atoms with Gasteiger partial charge in [0.15, 0.2) is 0 Å². The molecular formula is C14H16O3. The minimum Gasteiger partial charge on any atom is -0.468 e. The maximum absolute atomic E-state index is 12.1. The van der Waals surface area contributed by atoms with Crippen LogP contribution in [0, 0.1) is 0 Å². The second-order valence-corrected chi connectivity index (χ2v) is 4.51. The molecule has 0 N–H and O–H groups in total. The van der Waals surface area contributed by atoms with Crippen molar-refractivity contribution in [1.82, 2.24) is 0 Å². The topological polar surface area (TPSA) is 43.4 Å². The van der Waals surface area contributed by atoms with Gasteiger partial charge in [-0.2, -0.15) is 0 Å². The lowest BCUT2D eigenvalue weighted by Crippen LogP contribution is -2.41. The highest BCUT2D eigenvalue weighted by molar-refractivity contribution is 5.92. The van der Waals surface area contributed by atoms with Gasteiger partial charge >= 0.3 is 5.97 Å². The van der Waals surface area contributed by atoms with E-state index in [-0.39, 0.29) is 18.2 Å². The molecule has 3 heteroatoms. The molecule has 0 saturated heterocycles. The van der Waals surface area contributed by atoms with Crippen molar-refractivity contribution in [3.05, 3.63) is 35.9 Å². The molecule has 1 atom stereocenters. The maximum Gasteiger partial charge on any atom is 0.316 e. The van der Waals surface area contributed by atoms with Crippen molar-refractivity contribution in [2.45, 2.75) is 31.1 Å². The van der Waals surface area contributed by atoms with Crippen molar-refractivity contribution in [2.24, 2.45) is 0 Å². The Bertz CT molecular complexity index is 424. The Morgan fingerprint density at radius 2 is 2.00 bits per heavy atom. The Hall–Kier alpha value is -1.64. The third-order valence-electron chi connectivity index (χ3n) is 3.46. The van der Waals surface area contributed by atoms with E-state index in [0.717, 1.165) is 12.0 Å². The zero-order valence-electron chi connectivity index (χ0n) is 9.94. The van der Waals surface area contributed by atoms with Crippen molar-refractivity contribution < 1.29 is 14.3 Å². The van der Waals surface area contributed by atoms with Crippen molar-refractivity contribution in [3.63, 3.8) is 0 Å². The third-order valence-corrected chi connectivity index (χ3v) is 3.46. The van der Waals surface area contributed by atoms with Crippen molar-refractivity contribution in [1.29, 1.82) is 0 Å². The van der Waals surface area contributed by atoms with Gasteiger partial charge in [-0.1, -0.05) is 30.3 Å². The first-order valence-corrected chi connectivity index (χ1v) is 5.85. The van der Waals surface area contributed by atoms with Gasteiger partial charge in [0, 0.05) is 12.8 Å². The van der Waals surface area contributed by atoms with E-state index in [0.29, 0.717) is 12.8 Å². The largest absolute Gasteiger partial charge is 0.468 e. The van der Waals surface area contributed by atoms with Gasteiger partial charge in [0.1, 0.15) is 5.78 Å². The summed E-state index contributed by atoms with van der Waals surface area (Å²) in [6.07, 6.45) is 2.29. The summed E-state index contributed by atoms with van der Waals surface area (Å²) in [6, 6.07) is 9.47. The fourth-order valence-electron chi connectivity index (χ4n) is 2.59. The normalized spacial score (nSPS) is 24.4. The molecule has 0 aromatic heterocycles. The second kappa shape index (κ2) is 4.70. The van der Waals surface area contributed by atoms with Crippen molar-refractivity contribution in [2.75, 3.05) is 7.11 Å². The first kappa shape index (κ1) is 11.8. The number of benzene rings is 1. The van der Waals surface area contributed by atoms with Crippen LogP contribution in [0.3, 0.4) is 0 Å². The SMILES string of the molecule is COC(=O)[C@]1(c2ccccc2)CCCC(=O)C1. The van der Waals surface area contributed by atoms with Gasteiger partial charge in [0.05, 0.1) is 12.5 Å². The lowest BCUT2D eigenvalue weighted by molar-refractivity contribution is -0.151.